The van der Waals surface area contributed by atoms with E-state index in [2.05, 4.69) is 22.8 Å². The van der Waals surface area contributed by atoms with Crippen LogP contribution in [0.2, 0.25) is 0 Å². The Hall–Kier alpha value is -0.510. The van der Waals surface area contributed by atoms with E-state index >= 15 is 0 Å². The monoisotopic (exact) mass is 144 g/mol. The van der Waals surface area contributed by atoms with Gasteiger partial charge in [0.15, 0.2) is 5.82 Å². The largest absolute Gasteiger partial charge is 0.339 e. The minimum Gasteiger partial charge on any atom is -0.339 e. The number of aromatic nitrogens is 2. The maximum atomic E-state index is 4.79. The van der Waals surface area contributed by atoms with Gasteiger partial charge in [0.2, 0.25) is 5.89 Å². The van der Waals surface area contributed by atoms with Gasteiger partial charge < -0.3 is 4.52 Å². The van der Waals surface area contributed by atoms with Gasteiger partial charge in [-0.15, -0.1) is 0 Å². The second-order valence-corrected chi connectivity index (χ2v) is 2.16. The van der Waals surface area contributed by atoms with Crippen LogP contribution in [-0.2, 0) is 6.42 Å². The van der Waals surface area contributed by atoms with Crippen LogP contribution in [0.3, 0.4) is 0 Å². The third kappa shape index (κ3) is 1.71. The standard InChI is InChI=1S/C5H8N2OS/c1-4-6-5(2-3-9)8-7-4/h9H,2-3H2,1H3. The summed E-state index contributed by atoms with van der Waals surface area (Å²) in [6, 6.07) is 0. The molecule has 1 aromatic rings. The Labute approximate surface area is 58.9 Å². The minimum absolute atomic E-state index is 0.669. The quantitative estimate of drug-likeness (QED) is 0.625. The topological polar surface area (TPSA) is 38.9 Å². The van der Waals surface area contributed by atoms with E-state index in [1.807, 2.05) is 0 Å². The van der Waals surface area contributed by atoms with Gasteiger partial charge in [-0.05, 0) is 12.7 Å². The smallest absolute Gasteiger partial charge is 0.227 e. The van der Waals surface area contributed by atoms with Gasteiger partial charge in [-0.25, -0.2) is 0 Å². The van der Waals surface area contributed by atoms with Crippen LogP contribution in [0.25, 0.3) is 0 Å². The van der Waals surface area contributed by atoms with Gasteiger partial charge in [0.25, 0.3) is 0 Å². The predicted octanol–water partition coefficient (Wildman–Crippen LogP) is 0.850. The summed E-state index contributed by atoms with van der Waals surface area (Å²) in [4.78, 5) is 3.97. The highest BCUT2D eigenvalue weighted by atomic mass is 32.1. The molecule has 50 valence electrons. The first-order valence-electron chi connectivity index (χ1n) is 2.73. The summed E-state index contributed by atoms with van der Waals surface area (Å²) in [6.45, 7) is 1.80. The Morgan fingerprint density at radius 2 is 2.44 bits per heavy atom. The molecule has 9 heavy (non-hydrogen) atoms. The molecule has 0 aliphatic carbocycles. The third-order valence-corrected chi connectivity index (χ3v) is 1.12. The molecule has 0 atom stereocenters. The molecule has 3 nitrogen and oxygen atoms in total. The van der Waals surface area contributed by atoms with Crippen LogP contribution in [0.5, 0.6) is 0 Å². The molecule has 4 heteroatoms. The number of hydrogen-bond acceptors (Lipinski definition) is 4. The summed E-state index contributed by atoms with van der Waals surface area (Å²) in [6.07, 6.45) is 0.754. The van der Waals surface area contributed by atoms with Crippen molar-refractivity contribution in [3.8, 4) is 0 Å². The van der Waals surface area contributed by atoms with Gasteiger partial charge >= 0.3 is 0 Å². The maximum absolute atomic E-state index is 4.79. The van der Waals surface area contributed by atoms with Gasteiger partial charge in [0, 0.05) is 6.42 Å². The van der Waals surface area contributed by atoms with E-state index in [0.717, 1.165) is 12.2 Å². The fourth-order valence-electron chi connectivity index (χ4n) is 0.537. The van der Waals surface area contributed by atoms with E-state index in [0.29, 0.717) is 11.7 Å². The first-order chi connectivity index (χ1) is 4.33. The Kier molecular flexibility index (Phi) is 2.10. The van der Waals surface area contributed by atoms with E-state index in [9.17, 15) is 0 Å². The maximum Gasteiger partial charge on any atom is 0.227 e. The lowest BCUT2D eigenvalue weighted by Gasteiger charge is -1.81. The van der Waals surface area contributed by atoms with Crippen LogP contribution >= 0.6 is 12.6 Å². The van der Waals surface area contributed by atoms with Crippen molar-refractivity contribution in [1.29, 1.82) is 0 Å². The summed E-state index contributed by atoms with van der Waals surface area (Å²) < 4.78 is 4.79. The SMILES string of the molecule is Cc1noc(CCS)n1. The first-order valence-corrected chi connectivity index (χ1v) is 3.36. The van der Waals surface area contributed by atoms with Crippen molar-refractivity contribution in [1.82, 2.24) is 10.1 Å². The summed E-state index contributed by atoms with van der Waals surface area (Å²) in [5, 5.41) is 3.62. The van der Waals surface area contributed by atoms with Gasteiger partial charge in [0.1, 0.15) is 0 Å². The zero-order valence-corrected chi connectivity index (χ0v) is 6.06. The summed E-state index contributed by atoms with van der Waals surface area (Å²) in [7, 11) is 0. The van der Waals surface area contributed by atoms with Crippen molar-refractivity contribution in [2.75, 3.05) is 5.75 Å². The Morgan fingerprint density at radius 1 is 1.67 bits per heavy atom. The van der Waals surface area contributed by atoms with Crippen molar-refractivity contribution in [3.05, 3.63) is 11.7 Å². The molecule has 1 heterocycles. The van der Waals surface area contributed by atoms with E-state index in [4.69, 9.17) is 4.52 Å². The molecule has 0 aromatic carbocycles. The second kappa shape index (κ2) is 2.87. The van der Waals surface area contributed by atoms with Crippen molar-refractivity contribution in [2.24, 2.45) is 0 Å². The molecule has 0 spiro atoms. The van der Waals surface area contributed by atoms with Crippen molar-refractivity contribution >= 4 is 12.6 Å². The van der Waals surface area contributed by atoms with Crippen molar-refractivity contribution in [2.45, 2.75) is 13.3 Å². The summed E-state index contributed by atoms with van der Waals surface area (Å²) in [5.41, 5.74) is 0. The van der Waals surface area contributed by atoms with Crippen LogP contribution in [0, 0.1) is 6.92 Å². The molecular weight excluding hydrogens is 136 g/mol. The highest BCUT2D eigenvalue weighted by Crippen LogP contribution is 1.96. The van der Waals surface area contributed by atoms with Crippen LogP contribution in [-0.4, -0.2) is 15.9 Å². The first kappa shape index (κ1) is 6.61. The average Bonchev–Trinajstić information content (AvgIpc) is 2.17. The fraction of sp³-hybridized carbons (Fsp3) is 0.600. The lowest BCUT2D eigenvalue weighted by atomic mass is 10.5. The van der Waals surface area contributed by atoms with Crippen LogP contribution in [0.15, 0.2) is 4.52 Å². The number of nitrogens with zero attached hydrogens (tertiary/aromatic N) is 2. The molecule has 0 aliphatic rings. The molecule has 0 N–H and O–H groups in total. The van der Waals surface area contributed by atoms with Crippen LogP contribution in [0.4, 0.5) is 0 Å². The van der Waals surface area contributed by atoms with Gasteiger partial charge in [0.05, 0.1) is 0 Å². The molecule has 0 amide bonds. The van der Waals surface area contributed by atoms with Crippen molar-refractivity contribution in [3.63, 3.8) is 0 Å². The highest BCUT2D eigenvalue weighted by molar-refractivity contribution is 7.80. The van der Waals surface area contributed by atoms with Crippen molar-refractivity contribution < 1.29 is 4.52 Å². The lowest BCUT2D eigenvalue weighted by Crippen LogP contribution is -1.84. The molecule has 0 unspecified atom stereocenters. The molecule has 0 fully saturated rings. The van der Waals surface area contributed by atoms with E-state index in [1.54, 1.807) is 6.92 Å². The average molecular weight is 144 g/mol. The number of thiol groups is 1. The zero-order chi connectivity index (χ0) is 6.69. The normalized spacial score (nSPS) is 10.0. The van der Waals surface area contributed by atoms with E-state index in [1.165, 1.54) is 0 Å². The molecule has 0 aliphatic heterocycles. The number of rotatable bonds is 2. The summed E-state index contributed by atoms with van der Waals surface area (Å²) in [5.74, 6) is 2.11. The number of hydrogen-bond donors (Lipinski definition) is 1. The van der Waals surface area contributed by atoms with Gasteiger partial charge in [-0.2, -0.15) is 17.6 Å². The Morgan fingerprint density at radius 3 is 2.89 bits per heavy atom. The molecule has 0 bridgehead atoms. The third-order valence-electron chi connectivity index (χ3n) is 0.895. The molecule has 1 rings (SSSR count). The molecule has 0 saturated carbocycles. The molecule has 0 radical (unpaired) electrons. The van der Waals surface area contributed by atoms with Gasteiger partial charge in [-0.1, -0.05) is 5.16 Å². The highest BCUT2D eigenvalue weighted by Gasteiger charge is 1.98. The molecular formula is C5H8N2OS. The van der Waals surface area contributed by atoms with E-state index in [-0.39, 0.29) is 0 Å². The second-order valence-electron chi connectivity index (χ2n) is 1.71. The molecule has 1 aromatic heterocycles. The predicted molar refractivity (Wildman–Crippen MR) is 36.6 cm³/mol. The number of aryl methyl sites for hydroxylation is 2. The lowest BCUT2D eigenvalue weighted by molar-refractivity contribution is 0.379. The van der Waals surface area contributed by atoms with Gasteiger partial charge in [-0.3, -0.25) is 0 Å². The Bertz CT molecular complexity index is 187. The minimum atomic E-state index is 0.669. The molecule has 0 saturated heterocycles. The van der Waals surface area contributed by atoms with Crippen LogP contribution in [0.1, 0.15) is 11.7 Å². The zero-order valence-electron chi connectivity index (χ0n) is 5.16. The van der Waals surface area contributed by atoms with E-state index < -0.39 is 0 Å². The fourth-order valence-corrected chi connectivity index (χ4v) is 0.729. The Balaban J connectivity index is 2.61. The van der Waals surface area contributed by atoms with Crippen LogP contribution < -0.4 is 0 Å². The summed E-state index contributed by atoms with van der Waals surface area (Å²) >= 11 is 4.01.